The van der Waals surface area contributed by atoms with E-state index in [-0.39, 0.29) is 5.75 Å². The fraction of sp³-hybridized carbons (Fsp3) is 0.538. The largest absolute Gasteiger partial charge is 0.323 e. The van der Waals surface area contributed by atoms with Crippen LogP contribution in [0.4, 0.5) is 0 Å². The van der Waals surface area contributed by atoms with E-state index in [0.717, 1.165) is 11.1 Å². The summed E-state index contributed by atoms with van der Waals surface area (Å²) >= 11 is 0. The van der Waals surface area contributed by atoms with Crippen molar-refractivity contribution in [3.8, 4) is 0 Å². The molecule has 4 heteroatoms. The average molecular weight is 255 g/mol. The summed E-state index contributed by atoms with van der Waals surface area (Å²) in [7, 11) is -3.10. The van der Waals surface area contributed by atoms with E-state index in [0.29, 0.717) is 6.42 Å². The van der Waals surface area contributed by atoms with E-state index < -0.39 is 21.1 Å². The third kappa shape index (κ3) is 3.30. The lowest BCUT2D eigenvalue weighted by Crippen LogP contribution is -2.34. The van der Waals surface area contributed by atoms with Gasteiger partial charge in [0.15, 0.2) is 9.84 Å². The molecule has 0 unspecified atom stereocenters. The highest BCUT2D eigenvalue weighted by molar-refractivity contribution is 7.92. The lowest BCUT2D eigenvalue weighted by Gasteiger charge is -2.22. The molecule has 0 spiro atoms. The number of rotatable bonds is 5. The molecule has 0 amide bonds. The van der Waals surface area contributed by atoms with Crippen molar-refractivity contribution in [2.75, 3.05) is 5.75 Å². The lowest BCUT2D eigenvalue weighted by molar-refractivity contribution is 0.549. The average Bonchev–Trinajstić information content (AvgIpc) is 2.29. The van der Waals surface area contributed by atoms with Crippen LogP contribution in [0, 0.1) is 6.92 Å². The molecule has 0 aliphatic rings. The number of hydrogen-bond donors (Lipinski definition) is 1. The summed E-state index contributed by atoms with van der Waals surface area (Å²) < 4.78 is 23.9. The van der Waals surface area contributed by atoms with Gasteiger partial charge in [-0.1, -0.05) is 43.7 Å². The molecule has 0 aliphatic heterocycles. The van der Waals surface area contributed by atoms with Crippen LogP contribution in [0.5, 0.6) is 0 Å². The van der Waals surface area contributed by atoms with Gasteiger partial charge in [0.05, 0.1) is 5.25 Å². The van der Waals surface area contributed by atoms with Gasteiger partial charge in [0.2, 0.25) is 0 Å². The highest BCUT2D eigenvalue weighted by atomic mass is 32.2. The molecule has 0 aromatic heterocycles. The first kappa shape index (κ1) is 14.2. The van der Waals surface area contributed by atoms with Crippen LogP contribution in [0.1, 0.15) is 37.4 Å². The SMILES string of the molecule is CC[C@H]([C@H](N)c1cccc(C)c1)S(=O)(=O)CC. The van der Waals surface area contributed by atoms with Gasteiger partial charge in [-0.3, -0.25) is 0 Å². The Labute approximate surface area is 104 Å². The van der Waals surface area contributed by atoms with Crippen LogP contribution in [-0.4, -0.2) is 19.4 Å². The summed E-state index contributed by atoms with van der Waals surface area (Å²) in [6, 6.07) is 7.30. The maximum atomic E-state index is 12.0. The van der Waals surface area contributed by atoms with Crippen LogP contribution in [0.3, 0.4) is 0 Å². The van der Waals surface area contributed by atoms with Crippen molar-refractivity contribution < 1.29 is 8.42 Å². The van der Waals surface area contributed by atoms with Crippen molar-refractivity contribution in [2.45, 2.75) is 38.5 Å². The van der Waals surface area contributed by atoms with Crippen LogP contribution < -0.4 is 5.73 Å². The molecule has 0 aliphatic carbocycles. The Morgan fingerprint density at radius 3 is 2.41 bits per heavy atom. The summed E-state index contributed by atoms with van der Waals surface area (Å²) in [6.07, 6.45) is 0.547. The Morgan fingerprint density at radius 2 is 1.94 bits per heavy atom. The normalized spacial score (nSPS) is 15.5. The van der Waals surface area contributed by atoms with E-state index in [2.05, 4.69) is 0 Å². The fourth-order valence-electron chi connectivity index (χ4n) is 2.04. The predicted octanol–water partition coefficient (Wildman–Crippen LogP) is 2.21. The maximum Gasteiger partial charge on any atom is 0.154 e. The van der Waals surface area contributed by atoms with Crippen molar-refractivity contribution in [1.82, 2.24) is 0 Å². The molecule has 0 saturated carbocycles. The van der Waals surface area contributed by atoms with Crippen LogP contribution in [0.25, 0.3) is 0 Å². The van der Waals surface area contributed by atoms with Gasteiger partial charge in [-0.25, -0.2) is 8.42 Å². The second-order valence-corrected chi connectivity index (χ2v) is 6.85. The Bertz CT molecular complexity index is 468. The van der Waals surface area contributed by atoms with Crippen LogP contribution in [0.15, 0.2) is 24.3 Å². The molecule has 1 aromatic rings. The number of hydrogen-bond acceptors (Lipinski definition) is 3. The maximum absolute atomic E-state index is 12.0. The summed E-state index contributed by atoms with van der Waals surface area (Å²) in [5.74, 6) is 0.144. The molecule has 17 heavy (non-hydrogen) atoms. The highest BCUT2D eigenvalue weighted by Crippen LogP contribution is 2.23. The van der Waals surface area contributed by atoms with Gasteiger partial charge in [0, 0.05) is 11.8 Å². The van der Waals surface area contributed by atoms with Crippen LogP contribution in [0.2, 0.25) is 0 Å². The molecule has 1 aromatic carbocycles. The van der Waals surface area contributed by atoms with Crippen molar-refractivity contribution in [3.05, 3.63) is 35.4 Å². The van der Waals surface area contributed by atoms with Crippen LogP contribution in [-0.2, 0) is 9.84 Å². The molecule has 2 atom stereocenters. The molecular formula is C13H21NO2S. The summed E-state index contributed by atoms with van der Waals surface area (Å²) in [5, 5.41) is -0.491. The first-order valence-electron chi connectivity index (χ1n) is 5.96. The minimum atomic E-state index is -3.10. The smallest absolute Gasteiger partial charge is 0.154 e. The first-order valence-corrected chi connectivity index (χ1v) is 7.67. The topological polar surface area (TPSA) is 60.2 Å². The highest BCUT2D eigenvalue weighted by Gasteiger charge is 2.29. The van der Waals surface area contributed by atoms with Gasteiger partial charge in [-0.05, 0) is 18.9 Å². The minimum Gasteiger partial charge on any atom is -0.323 e. The molecule has 2 N–H and O–H groups in total. The Balaban J connectivity index is 3.06. The number of benzene rings is 1. The van der Waals surface area contributed by atoms with Gasteiger partial charge in [0.25, 0.3) is 0 Å². The standard InChI is InChI=1S/C13H21NO2S/c1-4-12(17(15,16)5-2)13(14)11-8-6-7-10(3)9-11/h6-9,12-13H,4-5,14H2,1-3H3/t12-,13-/m1/s1. The van der Waals surface area contributed by atoms with E-state index in [1.54, 1.807) is 6.92 Å². The van der Waals surface area contributed by atoms with Crippen molar-refractivity contribution in [2.24, 2.45) is 5.73 Å². The third-order valence-corrected chi connectivity index (χ3v) is 5.45. The molecule has 0 heterocycles. The monoisotopic (exact) mass is 255 g/mol. The van der Waals surface area contributed by atoms with E-state index >= 15 is 0 Å². The molecule has 96 valence electrons. The van der Waals surface area contributed by atoms with E-state index in [9.17, 15) is 8.42 Å². The van der Waals surface area contributed by atoms with Crippen molar-refractivity contribution >= 4 is 9.84 Å². The number of aryl methyl sites for hydroxylation is 1. The van der Waals surface area contributed by atoms with E-state index in [1.807, 2.05) is 38.1 Å². The third-order valence-electron chi connectivity index (χ3n) is 3.09. The Morgan fingerprint density at radius 1 is 1.29 bits per heavy atom. The second-order valence-electron chi connectivity index (χ2n) is 4.34. The zero-order valence-electron chi connectivity index (χ0n) is 10.7. The van der Waals surface area contributed by atoms with Gasteiger partial charge < -0.3 is 5.73 Å². The minimum absolute atomic E-state index is 0.144. The first-order chi connectivity index (χ1) is 7.92. The van der Waals surface area contributed by atoms with Crippen LogP contribution >= 0.6 is 0 Å². The molecule has 3 nitrogen and oxygen atoms in total. The van der Waals surface area contributed by atoms with E-state index in [1.165, 1.54) is 0 Å². The zero-order chi connectivity index (χ0) is 13.1. The predicted molar refractivity (Wildman–Crippen MR) is 71.6 cm³/mol. The summed E-state index contributed by atoms with van der Waals surface area (Å²) in [5.41, 5.74) is 8.10. The van der Waals surface area contributed by atoms with Gasteiger partial charge in [-0.15, -0.1) is 0 Å². The van der Waals surface area contributed by atoms with Crippen molar-refractivity contribution in [1.29, 1.82) is 0 Å². The number of sulfone groups is 1. The quantitative estimate of drug-likeness (QED) is 0.877. The van der Waals surface area contributed by atoms with Crippen molar-refractivity contribution in [3.63, 3.8) is 0 Å². The van der Waals surface area contributed by atoms with Gasteiger partial charge in [-0.2, -0.15) is 0 Å². The Kier molecular flexibility index (Phi) is 4.71. The van der Waals surface area contributed by atoms with E-state index in [4.69, 9.17) is 5.73 Å². The summed E-state index contributed by atoms with van der Waals surface area (Å²) in [4.78, 5) is 0. The summed E-state index contributed by atoms with van der Waals surface area (Å²) in [6.45, 7) is 5.51. The Hall–Kier alpha value is -0.870. The molecule has 1 rings (SSSR count). The lowest BCUT2D eigenvalue weighted by atomic mass is 10.0. The zero-order valence-corrected chi connectivity index (χ0v) is 11.5. The molecule has 0 bridgehead atoms. The number of nitrogens with two attached hydrogens (primary N) is 1. The second kappa shape index (κ2) is 5.65. The van der Waals surface area contributed by atoms with Gasteiger partial charge in [0.1, 0.15) is 0 Å². The van der Waals surface area contributed by atoms with Gasteiger partial charge >= 0.3 is 0 Å². The molecule has 0 saturated heterocycles. The fourth-order valence-corrected chi connectivity index (χ4v) is 3.58. The molecule has 0 fully saturated rings. The molecular weight excluding hydrogens is 234 g/mol. The molecule has 0 radical (unpaired) electrons.